The highest BCUT2D eigenvalue weighted by molar-refractivity contribution is 6.30. The van der Waals surface area contributed by atoms with E-state index in [1.807, 2.05) is 6.07 Å². The third kappa shape index (κ3) is 5.52. The number of H-pyrrole nitrogens is 1. The molecule has 2 aromatic heterocycles. The molecular weight excluding hydrogens is 476 g/mol. The number of aromatic amines is 1. The summed E-state index contributed by atoms with van der Waals surface area (Å²) in [6.45, 7) is 0. The number of nitro groups is 1. The molecule has 0 aliphatic rings. The summed E-state index contributed by atoms with van der Waals surface area (Å²) < 4.78 is 4.98. The molecule has 0 saturated heterocycles. The van der Waals surface area contributed by atoms with Gasteiger partial charge in [-0.1, -0.05) is 23.7 Å². The van der Waals surface area contributed by atoms with Gasteiger partial charge in [0.05, 0.1) is 18.2 Å². The predicted molar refractivity (Wildman–Crippen MR) is 127 cm³/mol. The van der Waals surface area contributed by atoms with Gasteiger partial charge in [-0.05, 0) is 42.5 Å². The molecule has 0 spiro atoms. The Morgan fingerprint density at radius 1 is 1.11 bits per heavy atom. The van der Waals surface area contributed by atoms with Gasteiger partial charge in [0.1, 0.15) is 22.3 Å². The molecule has 0 radical (unpaired) electrons. The van der Waals surface area contributed by atoms with Crippen molar-refractivity contribution in [3.05, 3.63) is 97.5 Å². The summed E-state index contributed by atoms with van der Waals surface area (Å²) in [5.41, 5.74) is 0.928. The zero-order valence-corrected chi connectivity index (χ0v) is 18.5. The van der Waals surface area contributed by atoms with E-state index < -0.39 is 22.3 Å². The smallest absolute Gasteiger partial charge is 0.405 e. The van der Waals surface area contributed by atoms with Gasteiger partial charge in [0.2, 0.25) is 11.9 Å². The van der Waals surface area contributed by atoms with Gasteiger partial charge in [-0.15, -0.1) is 0 Å². The van der Waals surface area contributed by atoms with Gasteiger partial charge in [-0.2, -0.15) is 5.26 Å². The molecule has 2 heterocycles. The first-order chi connectivity index (χ1) is 16.8. The van der Waals surface area contributed by atoms with Crippen molar-refractivity contribution in [2.24, 2.45) is 0 Å². The first kappa shape index (κ1) is 23.2. The van der Waals surface area contributed by atoms with Gasteiger partial charge in [0.25, 0.3) is 5.56 Å². The fourth-order valence-corrected chi connectivity index (χ4v) is 3.28. The number of amides is 1. The zero-order valence-electron chi connectivity index (χ0n) is 17.7. The predicted octanol–water partition coefficient (Wildman–Crippen LogP) is 4.39. The Morgan fingerprint density at radius 2 is 1.80 bits per heavy atom. The zero-order chi connectivity index (χ0) is 24.9. The number of carbonyl (C=O) groups excluding carboxylic acids is 1. The molecular formula is C23H15ClN6O5. The van der Waals surface area contributed by atoms with Crippen LogP contribution in [0.25, 0.3) is 11.3 Å². The lowest BCUT2D eigenvalue weighted by Gasteiger charge is -2.10. The largest absolute Gasteiger partial charge is 0.433 e. The van der Waals surface area contributed by atoms with Crippen LogP contribution in [0.1, 0.15) is 11.3 Å². The van der Waals surface area contributed by atoms with Crippen molar-refractivity contribution in [3.63, 3.8) is 0 Å². The van der Waals surface area contributed by atoms with E-state index in [0.717, 1.165) is 0 Å². The SMILES string of the molecule is N#Cc1c(-c2ccc(NC(=O)Cc3ccc([N+](=O)[O-])o3)cc2)nc(Nc2ccc(Cl)cc2)[nH]c1=O. The standard InChI is InChI=1S/C23H15ClN6O5/c24-14-3-7-16(8-4-14)27-23-28-21(18(12-25)22(32)29-23)13-1-5-15(6-2-13)26-19(31)11-17-9-10-20(35-17)30(33)34/h1-10H,11H2,(H,26,31)(H2,27,28,29,32). The van der Waals surface area contributed by atoms with Gasteiger partial charge < -0.3 is 15.1 Å². The van der Waals surface area contributed by atoms with Gasteiger partial charge in [-0.3, -0.25) is 24.7 Å². The van der Waals surface area contributed by atoms with Crippen molar-refractivity contribution >= 4 is 40.7 Å². The molecule has 1 amide bonds. The molecule has 0 aliphatic heterocycles. The molecule has 4 aromatic rings. The van der Waals surface area contributed by atoms with Crippen molar-refractivity contribution in [1.29, 1.82) is 5.26 Å². The molecule has 0 bridgehead atoms. The van der Waals surface area contributed by atoms with E-state index >= 15 is 0 Å². The summed E-state index contributed by atoms with van der Waals surface area (Å²) in [6.07, 6.45) is -0.191. The van der Waals surface area contributed by atoms with Gasteiger partial charge >= 0.3 is 5.88 Å². The van der Waals surface area contributed by atoms with Gasteiger partial charge in [0.15, 0.2) is 0 Å². The second-order valence-corrected chi connectivity index (χ2v) is 7.62. The molecule has 0 saturated carbocycles. The topological polar surface area (TPSA) is 167 Å². The van der Waals surface area contributed by atoms with Gasteiger partial charge in [0, 0.05) is 22.0 Å². The Hall–Kier alpha value is -4.95. The van der Waals surface area contributed by atoms with Crippen LogP contribution in [0, 0.1) is 21.4 Å². The number of nitrogens with one attached hydrogen (secondary N) is 3. The summed E-state index contributed by atoms with van der Waals surface area (Å²) in [4.78, 5) is 41.6. The average molecular weight is 491 g/mol. The minimum Gasteiger partial charge on any atom is -0.405 e. The number of hydrogen-bond acceptors (Lipinski definition) is 8. The summed E-state index contributed by atoms with van der Waals surface area (Å²) in [7, 11) is 0. The fraction of sp³-hybridized carbons (Fsp3) is 0.0435. The monoisotopic (exact) mass is 490 g/mol. The minimum absolute atomic E-state index is 0.135. The number of rotatable bonds is 7. The maximum absolute atomic E-state index is 12.5. The van der Waals surface area contributed by atoms with Crippen LogP contribution in [0.4, 0.5) is 23.2 Å². The minimum atomic E-state index is -0.686. The Labute approximate surface area is 202 Å². The quantitative estimate of drug-likeness (QED) is 0.253. The Balaban J connectivity index is 1.52. The first-order valence-electron chi connectivity index (χ1n) is 10.0. The number of carbonyl (C=O) groups is 1. The van der Waals surface area contributed by atoms with Crippen LogP contribution in [0.3, 0.4) is 0 Å². The number of nitriles is 1. The Morgan fingerprint density at radius 3 is 2.43 bits per heavy atom. The molecule has 12 heteroatoms. The summed E-state index contributed by atoms with van der Waals surface area (Å²) in [6, 6.07) is 17.5. The van der Waals surface area contributed by atoms with Gasteiger partial charge in [-0.25, -0.2) is 4.98 Å². The third-order valence-electron chi connectivity index (χ3n) is 4.74. The molecule has 35 heavy (non-hydrogen) atoms. The highest BCUT2D eigenvalue weighted by atomic mass is 35.5. The highest BCUT2D eigenvalue weighted by Gasteiger charge is 2.16. The van der Waals surface area contributed by atoms with Crippen molar-refractivity contribution in [1.82, 2.24) is 9.97 Å². The van der Waals surface area contributed by atoms with Crippen molar-refractivity contribution in [2.45, 2.75) is 6.42 Å². The summed E-state index contributed by atoms with van der Waals surface area (Å²) >= 11 is 5.89. The van der Waals surface area contributed by atoms with Crippen LogP contribution in [0.2, 0.25) is 5.02 Å². The number of anilines is 3. The van der Waals surface area contributed by atoms with E-state index in [1.165, 1.54) is 12.1 Å². The van der Waals surface area contributed by atoms with Crippen molar-refractivity contribution < 1.29 is 14.1 Å². The molecule has 11 nitrogen and oxygen atoms in total. The second kappa shape index (κ2) is 9.90. The lowest BCUT2D eigenvalue weighted by atomic mass is 10.1. The average Bonchev–Trinajstić information content (AvgIpc) is 3.29. The Kier molecular flexibility index (Phi) is 6.57. The lowest BCUT2D eigenvalue weighted by Crippen LogP contribution is -2.16. The van der Waals surface area contributed by atoms with E-state index in [9.17, 15) is 25.0 Å². The normalized spacial score (nSPS) is 10.4. The molecule has 0 unspecified atom stereocenters. The maximum Gasteiger partial charge on any atom is 0.433 e. The molecule has 0 aliphatic carbocycles. The van der Waals surface area contributed by atoms with Crippen molar-refractivity contribution in [2.75, 3.05) is 10.6 Å². The summed E-state index contributed by atoms with van der Waals surface area (Å²) in [5.74, 6) is -0.599. The van der Waals surface area contributed by atoms with E-state index in [1.54, 1.807) is 48.5 Å². The Bertz CT molecular complexity index is 1500. The molecule has 2 aromatic carbocycles. The van der Waals surface area contributed by atoms with E-state index in [2.05, 4.69) is 20.6 Å². The number of nitrogens with zero attached hydrogens (tertiary/aromatic N) is 3. The van der Waals surface area contributed by atoms with Crippen LogP contribution >= 0.6 is 11.6 Å². The lowest BCUT2D eigenvalue weighted by molar-refractivity contribution is -0.402. The van der Waals surface area contributed by atoms with E-state index in [4.69, 9.17) is 16.0 Å². The highest BCUT2D eigenvalue weighted by Crippen LogP contribution is 2.24. The van der Waals surface area contributed by atoms with Crippen molar-refractivity contribution in [3.8, 4) is 17.3 Å². The first-order valence-corrected chi connectivity index (χ1v) is 10.4. The number of benzene rings is 2. The number of furan rings is 1. The van der Waals surface area contributed by atoms with Crippen LogP contribution in [0.5, 0.6) is 0 Å². The van der Waals surface area contributed by atoms with Crippen LogP contribution in [-0.4, -0.2) is 20.8 Å². The fourth-order valence-electron chi connectivity index (χ4n) is 3.15. The molecule has 0 atom stereocenters. The number of halogens is 1. The third-order valence-corrected chi connectivity index (χ3v) is 4.99. The summed E-state index contributed by atoms with van der Waals surface area (Å²) in [5, 5.41) is 26.3. The molecule has 0 fully saturated rings. The maximum atomic E-state index is 12.5. The molecule has 174 valence electrons. The molecule has 4 rings (SSSR count). The van der Waals surface area contributed by atoms with E-state index in [0.29, 0.717) is 22.0 Å². The van der Waals surface area contributed by atoms with Crippen LogP contribution in [0.15, 0.2) is 69.9 Å². The van der Waals surface area contributed by atoms with Crippen LogP contribution < -0.4 is 16.2 Å². The second-order valence-electron chi connectivity index (χ2n) is 7.18. The molecule has 3 N–H and O–H groups in total. The van der Waals surface area contributed by atoms with E-state index in [-0.39, 0.29) is 29.4 Å². The number of aromatic nitrogens is 2. The van der Waals surface area contributed by atoms with Crippen LogP contribution in [-0.2, 0) is 11.2 Å². The number of hydrogen-bond donors (Lipinski definition) is 3.